The molecular formula is C26H49NO4. The number of carboxylic acids is 1. The van der Waals surface area contributed by atoms with E-state index < -0.39 is 12.1 Å². The summed E-state index contributed by atoms with van der Waals surface area (Å²) >= 11 is 0. The Morgan fingerprint density at radius 2 is 1.29 bits per heavy atom. The van der Waals surface area contributed by atoms with E-state index in [1.807, 2.05) is 6.08 Å². The third-order valence-electron chi connectivity index (χ3n) is 5.67. The predicted molar refractivity (Wildman–Crippen MR) is 129 cm³/mol. The van der Waals surface area contributed by atoms with Gasteiger partial charge >= 0.3 is 5.97 Å². The number of aliphatic hydroxyl groups is 1. The van der Waals surface area contributed by atoms with Gasteiger partial charge in [-0.3, -0.25) is 9.59 Å². The van der Waals surface area contributed by atoms with Crippen LogP contribution in [0.4, 0.5) is 0 Å². The molecule has 0 saturated carbocycles. The molecule has 0 bridgehead atoms. The highest BCUT2D eigenvalue weighted by molar-refractivity contribution is 5.81. The van der Waals surface area contributed by atoms with E-state index in [1.54, 1.807) is 18.0 Å². The molecule has 1 amide bonds. The van der Waals surface area contributed by atoms with Crippen LogP contribution < -0.4 is 0 Å². The minimum Gasteiger partial charge on any atom is -0.481 e. The number of rotatable bonds is 22. The van der Waals surface area contributed by atoms with Crippen LogP contribution in [0.5, 0.6) is 0 Å². The summed E-state index contributed by atoms with van der Waals surface area (Å²) in [5.74, 6) is -1.16. The average Bonchev–Trinajstić information content (AvgIpc) is 2.73. The van der Waals surface area contributed by atoms with Gasteiger partial charge in [0.15, 0.2) is 0 Å². The largest absolute Gasteiger partial charge is 0.481 e. The van der Waals surface area contributed by atoms with Crippen molar-refractivity contribution in [2.24, 2.45) is 0 Å². The van der Waals surface area contributed by atoms with Gasteiger partial charge in [0.2, 0.25) is 5.91 Å². The number of unbranched alkanes of at least 4 members (excludes halogenated alkanes) is 14. The summed E-state index contributed by atoms with van der Waals surface area (Å²) in [5.41, 5.74) is 0. The molecular weight excluding hydrogens is 390 g/mol. The highest BCUT2D eigenvalue weighted by Crippen LogP contribution is 2.13. The van der Waals surface area contributed by atoms with Gasteiger partial charge in [-0.25, -0.2) is 0 Å². The quantitative estimate of drug-likeness (QED) is 0.181. The van der Waals surface area contributed by atoms with Gasteiger partial charge in [0.05, 0.1) is 12.5 Å². The van der Waals surface area contributed by atoms with Gasteiger partial charge in [-0.15, -0.1) is 0 Å². The Morgan fingerprint density at radius 1 is 0.806 bits per heavy atom. The first-order valence-corrected chi connectivity index (χ1v) is 12.8. The van der Waals surface area contributed by atoms with Gasteiger partial charge < -0.3 is 15.1 Å². The van der Waals surface area contributed by atoms with Crippen molar-refractivity contribution in [1.82, 2.24) is 4.90 Å². The smallest absolute Gasteiger partial charge is 0.303 e. The van der Waals surface area contributed by atoms with Crippen LogP contribution in [-0.2, 0) is 9.59 Å². The normalized spacial score (nSPS) is 12.4. The molecule has 0 rings (SSSR count). The fraction of sp³-hybridized carbons (Fsp3) is 0.846. The molecule has 2 N–H and O–H groups in total. The van der Waals surface area contributed by atoms with Crippen LogP contribution in [0.1, 0.15) is 129 Å². The zero-order chi connectivity index (χ0) is 23.2. The molecule has 1 unspecified atom stereocenters. The van der Waals surface area contributed by atoms with Crippen LogP contribution in [0.25, 0.3) is 0 Å². The van der Waals surface area contributed by atoms with E-state index >= 15 is 0 Å². The Balaban J connectivity index is 3.73. The Kier molecular flexibility index (Phi) is 20.9. The summed E-state index contributed by atoms with van der Waals surface area (Å²) in [6.45, 7) is 4.38. The van der Waals surface area contributed by atoms with E-state index in [0.717, 1.165) is 12.8 Å². The molecule has 0 aromatic rings. The first-order valence-electron chi connectivity index (χ1n) is 12.8. The minimum atomic E-state index is -0.963. The van der Waals surface area contributed by atoms with Crippen molar-refractivity contribution in [3.63, 3.8) is 0 Å². The number of hydrogen-bond acceptors (Lipinski definition) is 3. The summed E-state index contributed by atoms with van der Waals surface area (Å²) in [6, 6.07) is 0. The van der Waals surface area contributed by atoms with E-state index in [0.29, 0.717) is 13.0 Å². The summed E-state index contributed by atoms with van der Waals surface area (Å²) in [5, 5.41) is 18.2. The molecule has 182 valence electrons. The van der Waals surface area contributed by atoms with Gasteiger partial charge in [0.1, 0.15) is 0 Å². The highest BCUT2D eigenvalue weighted by Gasteiger charge is 2.13. The summed E-state index contributed by atoms with van der Waals surface area (Å²) < 4.78 is 0. The minimum absolute atomic E-state index is 0.00165. The molecule has 0 aromatic heterocycles. The van der Waals surface area contributed by atoms with Crippen LogP contribution in [-0.4, -0.2) is 39.6 Å². The fourth-order valence-corrected chi connectivity index (χ4v) is 3.62. The van der Waals surface area contributed by atoms with Crippen LogP contribution in [0.2, 0.25) is 0 Å². The monoisotopic (exact) mass is 439 g/mol. The molecule has 0 aliphatic carbocycles. The lowest BCUT2D eigenvalue weighted by Gasteiger charge is -2.19. The molecule has 0 aliphatic heterocycles. The zero-order valence-electron chi connectivity index (χ0n) is 20.3. The number of carbonyl (C=O) groups excluding carboxylic acids is 1. The molecule has 0 fully saturated rings. The van der Waals surface area contributed by atoms with Crippen molar-refractivity contribution in [2.75, 3.05) is 6.54 Å². The second-order valence-electron chi connectivity index (χ2n) is 8.89. The predicted octanol–water partition coefficient (Wildman–Crippen LogP) is 6.84. The Labute approximate surface area is 191 Å². The van der Waals surface area contributed by atoms with Crippen molar-refractivity contribution in [3.8, 4) is 0 Å². The van der Waals surface area contributed by atoms with Crippen molar-refractivity contribution in [1.29, 1.82) is 0 Å². The summed E-state index contributed by atoms with van der Waals surface area (Å²) in [6.07, 6.45) is 23.3. The summed E-state index contributed by atoms with van der Waals surface area (Å²) in [4.78, 5) is 24.4. The first-order chi connectivity index (χ1) is 15.0. The first kappa shape index (κ1) is 29.6. The Bertz CT molecular complexity index is 462. The van der Waals surface area contributed by atoms with Crippen LogP contribution in [0.15, 0.2) is 12.3 Å². The number of allylic oxidation sites excluding steroid dienone is 1. The van der Waals surface area contributed by atoms with Crippen molar-refractivity contribution < 1.29 is 19.8 Å². The van der Waals surface area contributed by atoms with E-state index in [-0.39, 0.29) is 18.7 Å². The maximum atomic E-state index is 12.2. The van der Waals surface area contributed by atoms with E-state index in [9.17, 15) is 14.7 Å². The van der Waals surface area contributed by atoms with Crippen molar-refractivity contribution in [2.45, 2.75) is 136 Å². The lowest BCUT2D eigenvalue weighted by Crippen LogP contribution is -2.28. The zero-order valence-corrected chi connectivity index (χ0v) is 20.3. The molecule has 0 radical (unpaired) electrons. The standard InChI is InChI=1S/C26H49NO4/c1-3-4-5-6-7-8-9-10-11-12-13-14-15-16-17-18-22-27(23-21-24(2)28)25(29)19-20-26(30)31/h18,22,24,28H,3-17,19-21,23H2,1-2H3,(H,30,31). The molecule has 0 saturated heterocycles. The Morgan fingerprint density at radius 3 is 1.74 bits per heavy atom. The second kappa shape index (κ2) is 21.9. The molecule has 0 aliphatic rings. The number of amides is 1. The molecule has 0 aromatic carbocycles. The summed E-state index contributed by atoms with van der Waals surface area (Å²) in [7, 11) is 0. The van der Waals surface area contributed by atoms with Crippen LogP contribution in [0, 0.1) is 0 Å². The van der Waals surface area contributed by atoms with Gasteiger partial charge in [-0.05, 0) is 26.2 Å². The average molecular weight is 440 g/mol. The fourth-order valence-electron chi connectivity index (χ4n) is 3.62. The molecule has 5 heteroatoms. The maximum absolute atomic E-state index is 12.2. The number of aliphatic carboxylic acids is 1. The third-order valence-corrected chi connectivity index (χ3v) is 5.67. The molecule has 31 heavy (non-hydrogen) atoms. The lowest BCUT2D eigenvalue weighted by molar-refractivity contribution is -0.140. The van der Waals surface area contributed by atoms with E-state index in [2.05, 4.69) is 6.92 Å². The van der Waals surface area contributed by atoms with Gasteiger partial charge in [0.25, 0.3) is 0 Å². The lowest BCUT2D eigenvalue weighted by atomic mass is 10.0. The second-order valence-corrected chi connectivity index (χ2v) is 8.89. The van der Waals surface area contributed by atoms with Gasteiger partial charge in [-0.1, -0.05) is 96.5 Å². The third kappa shape index (κ3) is 21.7. The Hall–Kier alpha value is -1.36. The van der Waals surface area contributed by atoms with Crippen LogP contribution in [0.3, 0.4) is 0 Å². The highest BCUT2D eigenvalue weighted by atomic mass is 16.4. The number of carboxylic acid groups (broad SMARTS) is 1. The molecule has 0 spiro atoms. The van der Waals surface area contributed by atoms with E-state index in [4.69, 9.17) is 5.11 Å². The van der Waals surface area contributed by atoms with Gasteiger partial charge in [-0.2, -0.15) is 0 Å². The number of aliphatic hydroxyl groups excluding tert-OH is 1. The van der Waals surface area contributed by atoms with Gasteiger partial charge in [0, 0.05) is 19.2 Å². The molecule has 5 nitrogen and oxygen atoms in total. The number of hydrogen-bond donors (Lipinski definition) is 2. The van der Waals surface area contributed by atoms with Crippen molar-refractivity contribution >= 4 is 11.9 Å². The number of carbonyl (C=O) groups is 2. The van der Waals surface area contributed by atoms with E-state index in [1.165, 1.54) is 83.5 Å². The number of nitrogens with zero attached hydrogens (tertiary/aromatic N) is 1. The topological polar surface area (TPSA) is 77.8 Å². The maximum Gasteiger partial charge on any atom is 0.303 e. The molecule has 1 atom stereocenters. The SMILES string of the molecule is CCCCCCCCCCCCCCCCC=CN(CCC(C)O)C(=O)CCC(=O)O. The van der Waals surface area contributed by atoms with Crippen LogP contribution >= 0.6 is 0 Å². The molecule has 0 heterocycles. The van der Waals surface area contributed by atoms with Crippen molar-refractivity contribution in [3.05, 3.63) is 12.3 Å².